The summed E-state index contributed by atoms with van der Waals surface area (Å²) in [4.78, 5) is 11.7. The normalized spacial score (nSPS) is 15.7. The zero-order chi connectivity index (χ0) is 14.9. The number of nitrogens with one attached hydrogen (secondary N) is 1. The van der Waals surface area contributed by atoms with Crippen molar-refractivity contribution < 1.29 is 13.2 Å². The van der Waals surface area contributed by atoms with Gasteiger partial charge in [-0.15, -0.1) is 0 Å². The number of hydrogen-bond donors (Lipinski definition) is 1. The molecule has 1 aliphatic rings. The third kappa shape index (κ3) is 2.86. The Morgan fingerprint density at radius 2 is 1.80 bits per heavy atom. The molecular formula is C14H20N2O3S. The van der Waals surface area contributed by atoms with E-state index in [9.17, 15) is 13.2 Å². The van der Waals surface area contributed by atoms with Crippen molar-refractivity contribution in [3.8, 4) is 0 Å². The van der Waals surface area contributed by atoms with Gasteiger partial charge >= 0.3 is 0 Å². The van der Waals surface area contributed by atoms with Crippen molar-refractivity contribution in [1.82, 2.24) is 9.62 Å². The molecule has 6 heteroatoms. The predicted octanol–water partition coefficient (Wildman–Crippen LogP) is 1.61. The van der Waals surface area contributed by atoms with Gasteiger partial charge in [0.05, 0.1) is 4.90 Å². The fourth-order valence-corrected chi connectivity index (χ4v) is 4.15. The van der Waals surface area contributed by atoms with Gasteiger partial charge in [0.25, 0.3) is 5.91 Å². The summed E-state index contributed by atoms with van der Waals surface area (Å²) in [7, 11) is -1.94. The first-order valence-corrected chi connectivity index (χ1v) is 8.17. The topological polar surface area (TPSA) is 66.5 Å². The predicted molar refractivity (Wildman–Crippen MR) is 77.0 cm³/mol. The van der Waals surface area contributed by atoms with Crippen LogP contribution in [0.4, 0.5) is 0 Å². The number of rotatable bonds is 5. The molecule has 1 N–H and O–H groups in total. The lowest BCUT2D eigenvalue weighted by Crippen LogP contribution is -2.38. The van der Waals surface area contributed by atoms with Crippen molar-refractivity contribution in [3.63, 3.8) is 0 Å². The average Bonchev–Trinajstić information content (AvgIpc) is 3.21. The Balaban J connectivity index is 2.31. The fraction of sp³-hybridized carbons (Fsp3) is 0.500. The number of amides is 1. The molecule has 1 aromatic rings. The molecule has 2 rings (SSSR count). The number of carbonyl (C=O) groups is 1. The lowest BCUT2D eigenvalue weighted by atomic mass is 10.2. The van der Waals surface area contributed by atoms with Crippen molar-refractivity contribution in [2.24, 2.45) is 0 Å². The monoisotopic (exact) mass is 296 g/mol. The summed E-state index contributed by atoms with van der Waals surface area (Å²) >= 11 is 0. The van der Waals surface area contributed by atoms with Gasteiger partial charge in [-0.1, -0.05) is 0 Å². The Labute approximate surface area is 120 Å². The molecule has 1 amide bonds. The Morgan fingerprint density at radius 3 is 2.20 bits per heavy atom. The van der Waals surface area contributed by atoms with Crippen LogP contribution in [0.5, 0.6) is 0 Å². The van der Waals surface area contributed by atoms with Gasteiger partial charge in [-0.05, 0) is 51.0 Å². The zero-order valence-corrected chi connectivity index (χ0v) is 12.8. The molecule has 1 aromatic carbocycles. The second-order valence-corrected chi connectivity index (χ2v) is 7.11. The first kappa shape index (κ1) is 15.0. The highest BCUT2D eigenvalue weighted by Gasteiger charge is 2.39. The largest absolute Gasteiger partial charge is 0.355 e. The third-order valence-electron chi connectivity index (χ3n) is 3.33. The van der Waals surface area contributed by atoms with E-state index in [1.54, 1.807) is 11.4 Å². The number of carbonyl (C=O) groups excluding carboxylic acids is 1. The molecular weight excluding hydrogens is 276 g/mol. The maximum absolute atomic E-state index is 12.6. The molecule has 5 nitrogen and oxygen atoms in total. The summed E-state index contributed by atoms with van der Waals surface area (Å²) in [6.45, 7) is 3.77. The van der Waals surface area contributed by atoms with E-state index in [4.69, 9.17) is 0 Å². The average molecular weight is 296 g/mol. The van der Waals surface area contributed by atoms with E-state index in [-0.39, 0.29) is 22.9 Å². The Morgan fingerprint density at radius 1 is 1.25 bits per heavy atom. The molecule has 0 radical (unpaired) electrons. The highest BCUT2D eigenvalue weighted by atomic mass is 32.2. The smallest absolute Gasteiger partial charge is 0.251 e. The van der Waals surface area contributed by atoms with E-state index in [0.717, 1.165) is 12.8 Å². The zero-order valence-electron chi connectivity index (χ0n) is 12.0. The van der Waals surface area contributed by atoms with Gasteiger partial charge in [0.15, 0.2) is 0 Å². The molecule has 1 aliphatic carbocycles. The standard InChI is InChI=1S/C14H20N2O3S/c1-10(2)16(12-6-7-12)20(18,19)13-8-4-11(5-9-13)14(17)15-3/h4-5,8-10,12H,6-7H2,1-3H3,(H,15,17). The van der Waals surface area contributed by atoms with Crippen LogP contribution in [0.3, 0.4) is 0 Å². The molecule has 0 spiro atoms. The van der Waals surface area contributed by atoms with E-state index >= 15 is 0 Å². The minimum absolute atomic E-state index is 0.0638. The van der Waals surface area contributed by atoms with Crippen LogP contribution in [-0.4, -0.2) is 37.8 Å². The lowest BCUT2D eigenvalue weighted by molar-refractivity contribution is 0.0963. The first-order chi connectivity index (χ1) is 9.37. The number of hydrogen-bond acceptors (Lipinski definition) is 3. The summed E-state index contributed by atoms with van der Waals surface area (Å²) in [6, 6.07) is 6.13. The van der Waals surface area contributed by atoms with E-state index in [2.05, 4.69) is 5.32 Å². The van der Waals surface area contributed by atoms with Gasteiger partial charge in [0.2, 0.25) is 10.0 Å². The maximum atomic E-state index is 12.6. The molecule has 1 saturated carbocycles. The quantitative estimate of drug-likeness (QED) is 0.897. The van der Waals surface area contributed by atoms with Crippen LogP contribution >= 0.6 is 0 Å². The molecule has 110 valence electrons. The Kier molecular flexibility index (Phi) is 4.15. The van der Waals surface area contributed by atoms with Crippen LogP contribution in [0.25, 0.3) is 0 Å². The van der Waals surface area contributed by atoms with E-state index in [1.807, 2.05) is 13.8 Å². The van der Waals surface area contributed by atoms with Crippen LogP contribution < -0.4 is 5.32 Å². The number of benzene rings is 1. The molecule has 0 atom stereocenters. The fourth-order valence-electron chi connectivity index (χ4n) is 2.27. The van der Waals surface area contributed by atoms with Gasteiger partial charge in [-0.25, -0.2) is 8.42 Å². The highest BCUT2D eigenvalue weighted by Crippen LogP contribution is 2.33. The van der Waals surface area contributed by atoms with E-state index < -0.39 is 10.0 Å². The molecule has 20 heavy (non-hydrogen) atoms. The molecule has 0 heterocycles. The minimum atomic E-state index is -3.48. The van der Waals surface area contributed by atoms with Crippen LogP contribution in [0.2, 0.25) is 0 Å². The van der Waals surface area contributed by atoms with Gasteiger partial charge in [-0.3, -0.25) is 4.79 Å². The van der Waals surface area contributed by atoms with Gasteiger partial charge in [0, 0.05) is 24.7 Å². The molecule has 0 bridgehead atoms. The second kappa shape index (κ2) is 5.54. The van der Waals surface area contributed by atoms with Crippen molar-refractivity contribution in [2.45, 2.75) is 43.7 Å². The molecule has 0 aliphatic heterocycles. The van der Waals surface area contributed by atoms with Crippen molar-refractivity contribution in [3.05, 3.63) is 29.8 Å². The van der Waals surface area contributed by atoms with Crippen LogP contribution in [0, 0.1) is 0 Å². The third-order valence-corrected chi connectivity index (χ3v) is 5.48. The van der Waals surface area contributed by atoms with Crippen LogP contribution in [-0.2, 0) is 10.0 Å². The Hall–Kier alpha value is -1.40. The molecule has 0 aromatic heterocycles. The lowest BCUT2D eigenvalue weighted by Gasteiger charge is -2.25. The van der Waals surface area contributed by atoms with Gasteiger partial charge < -0.3 is 5.32 Å². The van der Waals surface area contributed by atoms with Crippen LogP contribution in [0.15, 0.2) is 29.2 Å². The maximum Gasteiger partial charge on any atom is 0.251 e. The first-order valence-electron chi connectivity index (χ1n) is 6.73. The number of sulfonamides is 1. The van der Waals surface area contributed by atoms with E-state index in [0.29, 0.717) is 5.56 Å². The summed E-state index contributed by atoms with van der Waals surface area (Å²) in [5.74, 6) is -0.225. The second-order valence-electron chi connectivity index (χ2n) is 5.26. The summed E-state index contributed by atoms with van der Waals surface area (Å²) in [5, 5.41) is 2.51. The number of nitrogens with zero attached hydrogens (tertiary/aromatic N) is 1. The molecule has 1 fully saturated rings. The molecule has 0 saturated heterocycles. The van der Waals surface area contributed by atoms with Crippen molar-refractivity contribution in [2.75, 3.05) is 7.05 Å². The SMILES string of the molecule is CNC(=O)c1ccc(S(=O)(=O)N(C(C)C)C2CC2)cc1. The summed E-state index contributed by atoms with van der Waals surface area (Å²) < 4.78 is 26.8. The van der Waals surface area contributed by atoms with Crippen molar-refractivity contribution in [1.29, 1.82) is 0 Å². The van der Waals surface area contributed by atoms with E-state index in [1.165, 1.54) is 24.3 Å². The summed E-state index contributed by atoms with van der Waals surface area (Å²) in [6.07, 6.45) is 1.85. The summed E-state index contributed by atoms with van der Waals surface area (Å²) in [5.41, 5.74) is 0.453. The van der Waals surface area contributed by atoms with Gasteiger partial charge in [0.1, 0.15) is 0 Å². The minimum Gasteiger partial charge on any atom is -0.355 e. The van der Waals surface area contributed by atoms with Crippen LogP contribution in [0.1, 0.15) is 37.0 Å². The molecule has 0 unspecified atom stereocenters. The van der Waals surface area contributed by atoms with Gasteiger partial charge in [-0.2, -0.15) is 4.31 Å². The highest BCUT2D eigenvalue weighted by molar-refractivity contribution is 7.89. The Bertz CT molecular complexity index is 587. The van der Waals surface area contributed by atoms with Crippen molar-refractivity contribution >= 4 is 15.9 Å².